The number of hydrogen-bond donors (Lipinski definition) is 2. The summed E-state index contributed by atoms with van der Waals surface area (Å²) in [5, 5.41) is 26.8. The number of urea groups is 1. The van der Waals surface area contributed by atoms with Crippen LogP contribution in [0, 0.1) is 20.2 Å². The van der Waals surface area contributed by atoms with E-state index < -0.39 is 15.9 Å². The fourth-order valence-electron chi connectivity index (χ4n) is 2.07. The predicted molar refractivity (Wildman–Crippen MR) is 91.9 cm³/mol. The number of nitro groups is 2. The van der Waals surface area contributed by atoms with Gasteiger partial charge in [-0.3, -0.25) is 20.2 Å². The number of anilines is 2. The Morgan fingerprint density at radius 1 is 0.846 bits per heavy atom. The topological polar surface area (TPSA) is 146 Å². The van der Waals surface area contributed by atoms with Gasteiger partial charge < -0.3 is 20.1 Å². The number of carbonyl (C=O) groups excluding carboxylic acids is 1. The summed E-state index contributed by atoms with van der Waals surface area (Å²) in [6, 6.07) is 6.85. The second kappa shape index (κ2) is 7.79. The molecule has 2 aromatic rings. The molecule has 0 radical (unpaired) electrons. The summed E-state index contributed by atoms with van der Waals surface area (Å²) in [6.45, 7) is 0. The van der Waals surface area contributed by atoms with Crippen molar-refractivity contribution in [2.24, 2.45) is 0 Å². The molecular weight excluding hydrogens is 348 g/mol. The first-order valence-electron chi connectivity index (χ1n) is 7.08. The van der Waals surface area contributed by atoms with Crippen molar-refractivity contribution in [2.75, 3.05) is 24.9 Å². The molecule has 0 saturated heterocycles. The zero-order valence-corrected chi connectivity index (χ0v) is 13.7. The van der Waals surface area contributed by atoms with Gasteiger partial charge in [-0.2, -0.15) is 0 Å². The number of benzene rings is 2. The van der Waals surface area contributed by atoms with E-state index in [1.165, 1.54) is 38.5 Å². The highest BCUT2D eigenvalue weighted by atomic mass is 16.6. The number of methoxy groups -OCH3 is 2. The first kappa shape index (κ1) is 18.4. The van der Waals surface area contributed by atoms with Crippen molar-refractivity contribution in [3.8, 4) is 11.5 Å². The van der Waals surface area contributed by atoms with Crippen molar-refractivity contribution in [3.63, 3.8) is 0 Å². The Morgan fingerprint density at radius 2 is 1.23 bits per heavy atom. The first-order valence-corrected chi connectivity index (χ1v) is 7.08. The third-order valence-electron chi connectivity index (χ3n) is 3.30. The molecule has 0 aliphatic carbocycles. The Kier molecular flexibility index (Phi) is 5.53. The minimum atomic E-state index is -0.883. The number of carbonyl (C=O) groups is 1. The summed E-state index contributed by atoms with van der Waals surface area (Å²) in [5.41, 5.74) is -0.957. The third kappa shape index (κ3) is 4.14. The van der Waals surface area contributed by atoms with Gasteiger partial charge in [0, 0.05) is 0 Å². The molecule has 2 rings (SSSR count). The molecule has 0 spiro atoms. The van der Waals surface area contributed by atoms with Gasteiger partial charge in [-0.1, -0.05) is 0 Å². The van der Waals surface area contributed by atoms with Crippen molar-refractivity contribution < 1.29 is 24.1 Å². The molecule has 0 aliphatic heterocycles. The first-order chi connectivity index (χ1) is 12.3. The molecule has 0 heterocycles. The predicted octanol–water partition coefficient (Wildman–Crippen LogP) is 3.16. The Balaban J connectivity index is 2.25. The second-order valence-electron chi connectivity index (χ2n) is 4.86. The summed E-state index contributed by atoms with van der Waals surface area (Å²) in [4.78, 5) is 33.0. The zero-order valence-electron chi connectivity index (χ0n) is 13.7. The lowest BCUT2D eigenvalue weighted by Gasteiger charge is -2.10. The SMILES string of the molecule is COc1ccc(NC(=O)Nc2ccc(OC)cc2[N+](=O)[O-])c([N+](=O)[O-])c1. The molecule has 0 unspecified atom stereocenters. The van der Waals surface area contributed by atoms with E-state index in [9.17, 15) is 25.0 Å². The molecule has 26 heavy (non-hydrogen) atoms. The van der Waals surface area contributed by atoms with Crippen LogP contribution < -0.4 is 20.1 Å². The van der Waals surface area contributed by atoms with E-state index in [4.69, 9.17) is 9.47 Å². The number of nitrogens with one attached hydrogen (secondary N) is 2. The Bertz CT molecular complexity index is 800. The van der Waals surface area contributed by atoms with E-state index in [0.29, 0.717) is 0 Å². The largest absolute Gasteiger partial charge is 0.496 e. The lowest BCUT2D eigenvalue weighted by atomic mass is 10.2. The molecular formula is C15H14N4O7. The van der Waals surface area contributed by atoms with Crippen LogP contribution in [-0.4, -0.2) is 30.1 Å². The molecule has 2 aromatic carbocycles. The van der Waals surface area contributed by atoms with E-state index in [1.54, 1.807) is 0 Å². The van der Waals surface area contributed by atoms with E-state index >= 15 is 0 Å². The number of nitro benzene ring substituents is 2. The van der Waals surface area contributed by atoms with Crippen LogP contribution >= 0.6 is 0 Å². The van der Waals surface area contributed by atoms with Gasteiger partial charge in [0.05, 0.1) is 36.2 Å². The lowest BCUT2D eigenvalue weighted by Crippen LogP contribution is -2.20. The number of rotatable bonds is 6. The number of amides is 2. The van der Waals surface area contributed by atoms with E-state index in [2.05, 4.69) is 10.6 Å². The van der Waals surface area contributed by atoms with Gasteiger partial charge in [-0.25, -0.2) is 4.79 Å². The van der Waals surface area contributed by atoms with Crippen LogP contribution in [0.1, 0.15) is 0 Å². The Hall–Kier alpha value is -3.89. The van der Waals surface area contributed by atoms with Gasteiger partial charge in [0.25, 0.3) is 11.4 Å². The molecule has 11 nitrogen and oxygen atoms in total. The molecule has 0 bridgehead atoms. The average molecular weight is 362 g/mol. The molecule has 136 valence electrons. The minimum absolute atomic E-state index is 0.0931. The van der Waals surface area contributed by atoms with Crippen molar-refractivity contribution in [2.45, 2.75) is 0 Å². The van der Waals surface area contributed by atoms with Crippen molar-refractivity contribution in [3.05, 3.63) is 56.6 Å². The van der Waals surface area contributed by atoms with Gasteiger partial charge in [0.1, 0.15) is 22.9 Å². The van der Waals surface area contributed by atoms with E-state index in [1.807, 2.05) is 0 Å². The fourth-order valence-corrected chi connectivity index (χ4v) is 2.07. The van der Waals surface area contributed by atoms with Gasteiger partial charge >= 0.3 is 6.03 Å². The molecule has 0 aliphatic rings. The maximum atomic E-state index is 12.1. The molecule has 0 saturated carbocycles. The number of nitrogens with zero attached hydrogens (tertiary/aromatic N) is 2. The van der Waals surface area contributed by atoms with Crippen LogP contribution in [0.3, 0.4) is 0 Å². The van der Waals surface area contributed by atoms with Crippen LogP contribution in [0.2, 0.25) is 0 Å². The Labute approximate surface area is 146 Å². The summed E-state index contributed by atoms with van der Waals surface area (Å²) in [6.07, 6.45) is 0. The molecule has 0 aromatic heterocycles. The minimum Gasteiger partial charge on any atom is -0.496 e. The van der Waals surface area contributed by atoms with Crippen LogP contribution in [0.15, 0.2) is 36.4 Å². The molecule has 0 atom stereocenters. The van der Waals surface area contributed by atoms with E-state index in [0.717, 1.165) is 12.1 Å². The second-order valence-corrected chi connectivity index (χ2v) is 4.86. The normalized spacial score (nSPS) is 9.92. The highest BCUT2D eigenvalue weighted by Crippen LogP contribution is 2.31. The van der Waals surface area contributed by atoms with Crippen molar-refractivity contribution in [1.29, 1.82) is 0 Å². The van der Waals surface area contributed by atoms with Gasteiger partial charge in [-0.15, -0.1) is 0 Å². The third-order valence-corrected chi connectivity index (χ3v) is 3.30. The fraction of sp³-hybridized carbons (Fsp3) is 0.133. The zero-order chi connectivity index (χ0) is 19.3. The maximum absolute atomic E-state index is 12.1. The van der Waals surface area contributed by atoms with Crippen molar-refractivity contribution in [1.82, 2.24) is 0 Å². The Morgan fingerprint density at radius 3 is 1.54 bits per heavy atom. The highest BCUT2D eigenvalue weighted by Gasteiger charge is 2.20. The summed E-state index contributed by atoms with van der Waals surface area (Å²) >= 11 is 0. The maximum Gasteiger partial charge on any atom is 0.324 e. The molecule has 2 N–H and O–H groups in total. The molecule has 0 fully saturated rings. The van der Waals surface area contributed by atoms with Crippen LogP contribution in [0.25, 0.3) is 0 Å². The van der Waals surface area contributed by atoms with Crippen molar-refractivity contribution >= 4 is 28.8 Å². The lowest BCUT2D eigenvalue weighted by molar-refractivity contribution is -0.384. The molecule has 2 amide bonds. The van der Waals surface area contributed by atoms with Crippen LogP contribution in [-0.2, 0) is 0 Å². The molecule has 11 heteroatoms. The van der Waals surface area contributed by atoms with Gasteiger partial charge in [0.15, 0.2) is 0 Å². The average Bonchev–Trinajstić information content (AvgIpc) is 2.61. The summed E-state index contributed by atoms with van der Waals surface area (Å²) in [5.74, 6) is 0.488. The summed E-state index contributed by atoms with van der Waals surface area (Å²) < 4.78 is 9.81. The standard InChI is InChI=1S/C15H14N4O7/c1-25-9-3-5-11(13(7-9)18(21)22)16-15(20)17-12-6-4-10(26-2)8-14(12)19(23)24/h3-8H,1-2H3,(H2,16,17,20). The van der Waals surface area contributed by atoms with E-state index in [-0.39, 0.29) is 34.2 Å². The smallest absolute Gasteiger partial charge is 0.324 e. The van der Waals surface area contributed by atoms with Gasteiger partial charge in [-0.05, 0) is 24.3 Å². The van der Waals surface area contributed by atoms with Crippen LogP contribution in [0.4, 0.5) is 27.5 Å². The quantitative estimate of drug-likeness (QED) is 0.592. The number of hydrogen-bond acceptors (Lipinski definition) is 7. The van der Waals surface area contributed by atoms with Gasteiger partial charge in [0.2, 0.25) is 0 Å². The highest BCUT2D eigenvalue weighted by molar-refractivity contribution is 6.02. The monoisotopic (exact) mass is 362 g/mol. The van der Waals surface area contributed by atoms with Crippen LogP contribution in [0.5, 0.6) is 11.5 Å². The summed E-state index contributed by atoms with van der Waals surface area (Å²) in [7, 11) is 2.70. The number of ether oxygens (including phenoxy) is 2.